The summed E-state index contributed by atoms with van der Waals surface area (Å²) in [5.41, 5.74) is 0.00347. The zero-order valence-corrected chi connectivity index (χ0v) is 11.5. The summed E-state index contributed by atoms with van der Waals surface area (Å²) >= 11 is 1.11. The van der Waals surface area contributed by atoms with Crippen LogP contribution >= 0.6 is 11.3 Å². The summed E-state index contributed by atoms with van der Waals surface area (Å²) < 4.78 is 0. The Hall–Kier alpha value is -2.99. The van der Waals surface area contributed by atoms with Gasteiger partial charge in [0.25, 0.3) is 11.8 Å². The zero-order valence-electron chi connectivity index (χ0n) is 10.7. The van der Waals surface area contributed by atoms with E-state index >= 15 is 0 Å². The van der Waals surface area contributed by atoms with Crippen LogP contribution in [-0.4, -0.2) is 48.8 Å². The van der Waals surface area contributed by atoms with Gasteiger partial charge >= 0.3 is 0 Å². The molecule has 22 heavy (non-hydrogen) atoms. The van der Waals surface area contributed by atoms with Crippen molar-refractivity contribution in [3.05, 3.63) is 23.8 Å². The van der Waals surface area contributed by atoms with Gasteiger partial charge in [-0.1, -0.05) is 11.3 Å². The van der Waals surface area contributed by atoms with E-state index in [-0.39, 0.29) is 5.13 Å². The van der Waals surface area contributed by atoms with Crippen LogP contribution in [0.25, 0.3) is 10.6 Å². The van der Waals surface area contributed by atoms with Crippen molar-refractivity contribution in [3.8, 4) is 10.6 Å². The lowest BCUT2D eigenvalue weighted by Crippen LogP contribution is -2.52. The van der Waals surface area contributed by atoms with Gasteiger partial charge in [0.2, 0.25) is 12.2 Å². The van der Waals surface area contributed by atoms with Crippen LogP contribution < -0.4 is 16.0 Å². The predicted molar refractivity (Wildman–Crippen MR) is 73.1 cm³/mol. The number of H-pyrrole nitrogens is 1. The third-order valence-electron chi connectivity index (χ3n) is 2.63. The molecule has 1 aliphatic rings. The van der Waals surface area contributed by atoms with Crippen molar-refractivity contribution in [3.63, 3.8) is 0 Å². The van der Waals surface area contributed by atoms with Gasteiger partial charge in [0.15, 0.2) is 10.7 Å². The minimum Gasteiger partial charge on any atom is -0.494 e. The largest absolute Gasteiger partial charge is 0.494 e. The smallest absolute Gasteiger partial charge is 0.268 e. The Balaban J connectivity index is 1.77. The van der Waals surface area contributed by atoms with Gasteiger partial charge in [-0.2, -0.15) is 15.4 Å². The van der Waals surface area contributed by atoms with Gasteiger partial charge in [0, 0.05) is 6.20 Å². The van der Waals surface area contributed by atoms with Gasteiger partial charge in [-0.25, -0.2) is 4.98 Å². The van der Waals surface area contributed by atoms with E-state index in [1.165, 1.54) is 12.4 Å². The maximum atomic E-state index is 12.0. The molecule has 12 heteroatoms. The molecule has 0 aromatic carbocycles. The molecule has 11 nitrogen and oxygen atoms in total. The van der Waals surface area contributed by atoms with Crippen molar-refractivity contribution in [1.82, 2.24) is 31.0 Å². The van der Waals surface area contributed by atoms with Crippen LogP contribution in [-0.2, 0) is 9.59 Å². The normalized spacial score (nSPS) is 17.9. The van der Waals surface area contributed by atoms with E-state index in [2.05, 4.69) is 31.0 Å². The van der Waals surface area contributed by atoms with Crippen LogP contribution in [0.1, 0.15) is 0 Å². The Morgan fingerprint density at radius 2 is 2.18 bits per heavy atom. The van der Waals surface area contributed by atoms with E-state index in [4.69, 9.17) is 5.11 Å². The van der Waals surface area contributed by atoms with E-state index in [1.807, 2.05) is 5.32 Å². The third kappa shape index (κ3) is 2.59. The first kappa shape index (κ1) is 14.0. The van der Waals surface area contributed by atoms with Crippen molar-refractivity contribution in [2.24, 2.45) is 0 Å². The summed E-state index contributed by atoms with van der Waals surface area (Å²) in [4.78, 5) is 28.2. The number of hydrogen-bond acceptors (Lipinski definition) is 9. The van der Waals surface area contributed by atoms with Gasteiger partial charge in [-0.15, -0.1) is 0 Å². The summed E-state index contributed by atoms with van der Waals surface area (Å²) in [7, 11) is 0. The van der Waals surface area contributed by atoms with E-state index in [0.717, 1.165) is 11.3 Å². The molecule has 0 radical (unpaired) electrons. The van der Waals surface area contributed by atoms with Crippen LogP contribution in [0.4, 0.5) is 5.13 Å². The number of aliphatic hydroxyl groups is 2. The quantitative estimate of drug-likeness (QED) is 0.376. The molecule has 6 N–H and O–H groups in total. The molecule has 2 amide bonds. The second kappa shape index (κ2) is 5.42. The second-order valence-corrected chi connectivity index (χ2v) is 5.11. The van der Waals surface area contributed by atoms with Crippen molar-refractivity contribution < 1.29 is 19.8 Å². The fourth-order valence-electron chi connectivity index (χ4n) is 1.68. The lowest BCUT2D eigenvalue weighted by atomic mass is 10.2. The van der Waals surface area contributed by atoms with Crippen LogP contribution in [0.5, 0.6) is 0 Å². The molecule has 2 aromatic rings. The lowest BCUT2D eigenvalue weighted by molar-refractivity contribution is -0.125. The van der Waals surface area contributed by atoms with Gasteiger partial charge in [0.1, 0.15) is 5.69 Å². The molecule has 0 saturated carbocycles. The third-order valence-corrected chi connectivity index (χ3v) is 3.56. The monoisotopic (exact) mass is 323 g/mol. The predicted octanol–water partition coefficient (Wildman–Crippen LogP) is -1.37. The zero-order chi connectivity index (χ0) is 15.7. The number of nitrogens with zero attached hydrogens (tertiary/aromatic N) is 3. The topological polar surface area (TPSA) is 165 Å². The molecular weight excluding hydrogens is 314 g/mol. The first-order valence-electron chi connectivity index (χ1n) is 5.86. The van der Waals surface area contributed by atoms with Crippen LogP contribution in [0.3, 0.4) is 0 Å². The van der Waals surface area contributed by atoms with E-state index in [9.17, 15) is 14.7 Å². The minimum atomic E-state index is -1.46. The highest BCUT2D eigenvalue weighted by Crippen LogP contribution is 2.27. The fraction of sp³-hybridized carbons (Fsp3) is 0.100. The van der Waals surface area contributed by atoms with Crippen LogP contribution in [0.15, 0.2) is 23.8 Å². The molecule has 0 fully saturated rings. The number of thiazole rings is 1. The number of rotatable bonds is 3. The van der Waals surface area contributed by atoms with Gasteiger partial charge in [-0.05, 0) is 0 Å². The highest BCUT2D eigenvalue weighted by molar-refractivity contribution is 7.19. The molecule has 1 unspecified atom stereocenters. The molecule has 0 saturated heterocycles. The van der Waals surface area contributed by atoms with Crippen molar-refractivity contribution in [1.29, 1.82) is 0 Å². The highest BCUT2D eigenvalue weighted by atomic mass is 32.1. The standard InChI is InChI=1S/C10H9N7O4S/c18-6-5(7(19)14-9(21)13-6)8(20)15-10-11-2-4(22-10)3-1-12-17-16-3/h1-2,9,13,18,21H,(H,14,19)(H,11,15,20)(H,12,16,17). The summed E-state index contributed by atoms with van der Waals surface area (Å²) in [5, 5.41) is 35.4. The average molecular weight is 323 g/mol. The second-order valence-electron chi connectivity index (χ2n) is 4.08. The van der Waals surface area contributed by atoms with E-state index < -0.39 is 29.6 Å². The maximum absolute atomic E-state index is 12.0. The lowest BCUT2D eigenvalue weighted by Gasteiger charge is -2.22. The number of carbonyl (C=O) groups excluding carboxylic acids is 2. The molecule has 1 atom stereocenters. The van der Waals surface area contributed by atoms with Gasteiger partial charge < -0.3 is 20.8 Å². The molecule has 2 aromatic heterocycles. The Kier molecular flexibility index (Phi) is 3.44. The number of aromatic nitrogens is 4. The average Bonchev–Trinajstić information content (AvgIpc) is 3.07. The van der Waals surface area contributed by atoms with Crippen LogP contribution in [0.2, 0.25) is 0 Å². The van der Waals surface area contributed by atoms with Crippen molar-refractivity contribution in [2.45, 2.75) is 6.35 Å². The summed E-state index contributed by atoms with van der Waals surface area (Å²) in [6.45, 7) is 0. The highest BCUT2D eigenvalue weighted by Gasteiger charge is 2.30. The molecule has 114 valence electrons. The fourth-order valence-corrected chi connectivity index (χ4v) is 2.45. The summed E-state index contributed by atoms with van der Waals surface area (Å²) in [6.07, 6.45) is 1.52. The molecule has 3 heterocycles. The molecule has 0 bridgehead atoms. The Labute approximate surface area is 126 Å². The first-order chi connectivity index (χ1) is 10.5. The minimum absolute atomic E-state index is 0.210. The Morgan fingerprint density at radius 3 is 2.86 bits per heavy atom. The van der Waals surface area contributed by atoms with E-state index in [1.54, 1.807) is 0 Å². The van der Waals surface area contributed by atoms with E-state index in [0.29, 0.717) is 10.6 Å². The number of carbonyl (C=O) groups is 2. The number of amides is 2. The molecule has 3 rings (SSSR count). The number of aromatic amines is 1. The number of anilines is 1. The summed E-state index contributed by atoms with van der Waals surface area (Å²) in [6, 6.07) is 0. The SMILES string of the molecule is O=C(Nc1ncc(-c2cn[nH]n2)s1)C1=C(O)NC(O)NC1=O. The number of nitrogens with one attached hydrogen (secondary N) is 4. The Bertz CT molecular complexity index is 753. The van der Waals surface area contributed by atoms with Gasteiger partial charge in [-0.3, -0.25) is 14.9 Å². The number of hydrogen-bond donors (Lipinski definition) is 6. The van der Waals surface area contributed by atoms with Crippen LogP contribution in [0, 0.1) is 0 Å². The maximum Gasteiger partial charge on any atom is 0.268 e. The Morgan fingerprint density at radius 1 is 1.36 bits per heavy atom. The van der Waals surface area contributed by atoms with Crippen molar-refractivity contribution in [2.75, 3.05) is 5.32 Å². The molecule has 0 spiro atoms. The molecule has 0 aliphatic carbocycles. The molecular formula is C10H9N7O4S. The van der Waals surface area contributed by atoms with Gasteiger partial charge in [0.05, 0.1) is 11.1 Å². The number of aliphatic hydroxyl groups excluding tert-OH is 2. The first-order valence-corrected chi connectivity index (χ1v) is 6.68. The molecule has 1 aliphatic heterocycles. The van der Waals surface area contributed by atoms with Crippen molar-refractivity contribution >= 4 is 28.3 Å². The summed E-state index contributed by atoms with van der Waals surface area (Å²) in [5.74, 6) is -2.49.